The Hall–Kier alpha value is -3.98. The van der Waals surface area contributed by atoms with Crippen LogP contribution in [-0.4, -0.2) is 42.2 Å². The second-order valence-corrected chi connectivity index (χ2v) is 8.41. The molecule has 2 aromatic carbocycles. The van der Waals surface area contributed by atoms with E-state index in [1.807, 2.05) is 18.2 Å². The van der Waals surface area contributed by atoms with Gasteiger partial charge >= 0.3 is 5.97 Å². The van der Waals surface area contributed by atoms with E-state index in [1.165, 1.54) is 18.3 Å². The van der Waals surface area contributed by atoms with Crippen LogP contribution in [0.1, 0.15) is 22.3 Å². The Balaban J connectivity index is 1.48. The summed E-state index contributed by atoms with van der Waals surface area (Å²) in [4.78, 5) is 34.7. The summed E-state index contributed by atoms with van der Waals surface area (Å²) in [5.74, 6) is 0.114. The van der Waals surface area contributed by atoms with Crippen LogP contribution >= 0.6 is 11.3 Å². The number of nitrogens with one attached hydrogen (secondary N) is 1. The number of methoxy groups -OCH3 is 2. The van der Waals surface area contributed by atoms with Crippen molar-refractivity contribution in [1.29, 1.82) is 0 Å². The van der Waals surface area contributed by atoms with Gasteiger partial charge in [0.1, 0.15) is 9.88 Å². The number of thiazole rings is 1. The van der Waals surface area contributed by atoms with Crippen LogP contribution in [-0.2, 0) is 9.53 Å². The summed E-state index contributed by atoms with van der Waals surface area (Å²) in [6.45, 7) is 3.26. The molecule has 0 radical (unpaired) electrons. The molecule has 4 rings (SSSR count). The second-order valence-electron chi connectivity index (χ2n) is 7.42. The van der Waals surface area contributed by atoms with Crippen LogP contribution in [0.5, 0.6) is 11.5 Å². The van der Waals surface area contributed by atoms with Gasteiger partial charge in [-0.05, 0) is 56.3 Å². The predicted octanol–water partition coefficient (Wildman–Crippen LogP) is 4.87. The fourth-order valence-electron chi connectivity index (χ4n) is 3.39. The third-order valence-electron chi connectivity index (χ3n) is 5.17. The Morgan fingerprint density at radius 3 is 2.59 bits per heavy atom. The van der Waals surface area contributed by atoms with E-state index in [2.05, 4.69) is 15.3 Å². The first kappa shape index (κ1) is 23.2. The van der Waals surface area contributed by atoms with E-state index in [1.54, 1.807) is 57.7 Å². The number of aromatic nitrogens is 2. The largest absolute Gasteiger partial charge is 0.493 e. The smallest absolute Gasteiger partial charge is 0.351 e. The Kier molecular flexibility index (Phi) is 6.74. The Labute approximate surface area is 200 Å². The Bertz CT molecular complexity index is 1360. The lowest BCUT2D eigenvalue weighted by atomic mass is 10.2. The quantitative estimate of drug-likeness (QED) is 0.379. The molecule has 1 unspecified atom stereocenters. The number of pyridine rings is 1. The highest BCUT2D eigenvalue weighted by Gasteiger charge is 2.24. The normalized spacial score (nSPS) is 11.6. The molecule has 174 valence electrons. The molecule has 0 aliphatic carbocycles. The zero-order chi connectivity index (χ0) is 24.2. The SMILES string of the molecule is COc1ccc(-c2nc(C)c(C(=O)OC(C)C(=O)Nc3cccc4ncccc34)s2)cc1OC. The first-order valence-corrected chi connectivity index (χ1v) is 11.3. The van der Waals surface area contributed by atoms with Crippen LogP contribution in [0, 0.1) is 6.92 Å². The van der Waals surface area contributed by atoms with Crippen LogP contribution in [0.2, 0.25) is 0 Å². The molecule has 2 heterocycles. The molecule has 8 nitrogen and oxygen atoms in total. The van der Waals surface area contributed by atoms with Crippen molar-refractivity contribution in [2.45, 2.75) is 20.0 Å². The minimum absolute atomic E-state index is 0.332. The average molecular weight is 478 g/mol. The minimum atomic E-state index is -1.01. The van der Waals surface area contributed by atoms with Crippen molar-refractivity contribution < 1.29 is 23.8 Å². The van der Waals surface area contributed by atoms with E-state index in [-0.39, 0.29) is 0 Å². The molecule has 1 N–H and O–H groups in total. The Morgan fingerprint density at radius 2 is 1.82 bits per heavy atom. The van der Waals surface area contributed by atoms with E-state index in [9.17, 15) is 9.59 Å². The molecule has 34 heavy (non-hydrogen) atoms. The highest BCUT2D eigenvalue weighted by atomic mass is 32.1. The fourth-order valence-corrected chi connectivity index (χ4v) is 4.34. The molecule has 0 spiro atoms. The summed E-state index contributed by atoms with van der Waals surface area (Å²) in [6.07, 6.45) is 0.678. The molecule has 0 fully saturated rings. The van der Waals surface area contributed by atoms with Gasteiger partial charge in [0, 0.05) is 17.1 Å². The Morgan fingerprint density at radius 1 is 1.03 bits per heavy atom. The molecule has 0 saturated carbocycles. The first-order valence-electron chi connectivity index (χ1n) is 10.5. The molecule has 4 aromatic rings. The number of anilines is 1. The highest BCUT2D eigenvalue weighted by Crippen LogP contribution is 2.35. The van der Waals surface area contributed by atoms with Crippen molar-refractivity contribution in [3.8, 4) is 22.1 Å². The topological polar surface area (TPSA) is 99.6 Å². The molecule has 1 atom stereocenters. The van der Waals surface area contributed by atoms with Gasteiger partial charge in [0.05, 0.1) is 31.1 Å². The maximum absolute atomic E-state index is 12.8. The summed E-state index contributed by atoms with van der Waals surface area (Å²) in [7, 11) is 3.12. The van der Waals surface area contributed by atoms with Gasteiger partial charge in [-0.15, -0.1) is 11.3 Å². The maximum atomic E-state index is 12.8. The lowest BCUT2D eigenvalue weighted by Crippen LogP contribution is -2.30. The molecular formula is C25H23N3O5S. The highest BCUT2D eigenvalue weighted by molar-refractivity contribution is 7.17. The monoisotopic (exact) mass is 477 g/mol. The summed E-state index contributed by atoms with van der Waals surface area (Å²) < 4.78 is 16.1. The zero-order valence-electron chi connectivity index (χ0n) is 19.1. The van der Waals surface area contributed by atoms with Crippen LogP contribution in [0.3, 0.4) is 0 Å². The number of ether oxygens (including phenoxy) is 3. The number of hydrogen-bond acceptors (Lipinski definition) is 8. The molecule has 1 amide bonds. The van der Waals surface area contributed by atoms with Crippen molar-refractivity contribution in [2.75, 3.05) is 19.5 Å². The molecule has 2 aromatic heterocycles. The summed E-state index contributed by atoms with van der Waals surface area (Å²) in [5.41, 5.74) is 2.66. The summed E-state index contributed by atoms with van der Waals surface area (Å²) in [6, 6.07) is 14.5. The third-order valence-corrected chi connectivity index (χ3v) is 6.36. The predicted molar refractivity (Wildman–Crippen MR) is 131 cm³/mol. The van der Waals surface area contributed by atoms with E-state index < -0.39 is 18.0 Å². The van der Waals surface area contributed by atoms with Crippen molar-refractivity contribution in [3.63, 3.8) is 0 Å². The van der Waals surface area contributed by atoms with Crippen molar-refractivity contribution in [3.05, 3.63) is 65.3 Å². The van der Waals surface area contributed by atoms with Crippen LogP contribution < -0.4 is 14.8 Å². The maximum Gasteiger partial charge on any atom is 0.351 e. The van der Waals surface area contributed by atoms with Gasteiger partial charge in [0.2, 0.25) is 0 Å². The van der Waals surface area contributed by atoms with Gasteiger partial charge in [0.25, 0.3) is 5.91 Å². The van der Waals surface area contributed by atoms with Crippen molar-refractivity contribution in [2.24, 2.45) is 0 Å². The van der Waals surface area contributed by atoms with E-state index in [4.69, 9.17) is 14.2 Å². The first-order chi connectivity index (χ1) is 16.4. The zero-order valence-corrected chi connectivity index (χ0v) is 19.9. The van der Waals surface area contributed by atoms with Gasteiger partial charge in [0.15, 0.2) is 17.6 Å². The van der Waals surface area contributed by atoms with Gasteiger partial charge in [-0.3, -0.25) is 9.78 Å². The number of nitrogens with zero attached hydrogens (tertiary/aromatic N) is 2. The average Bonchev–Trinajstić information content (AvgIpc) is 3.25. The van der Waals surface area contributed by atoms with Crippen LogP contribution in [0.15, 0.2) is 54.7 Å². The standard InChI is InChI=1S/C25H23N3O5S/c1-14-22(34-24(27-14)16-10-11-20(31-3)21(13-16)32-4)25(30)33-15(2)23(29)28-19-9-5-8-18-17(19)7-6-12-26-18/h5-13,15H,1-4H3,(H,28,29). The van der Waals surface area contributed by atoms with Crippen molar-refractivity contribution in [1.82, 2.24) is 9.97 Å². The third kappa shape index (κ3) is 4.69. The molecule has 9 heteroatoms. The molecular weight excluding hydrogens is 454 g/mol. The molecule has 0 bridgehead atoms. The van der Waals surface area contributed by atoms with Gasteiger partial charge in [-0.1, -0.05) is 6.07 Å². The number of benzene rings is 2. The van der Waals surface area contributed by atoms with Gasteiger partial charge < -0.3 is 19.5 Å². The number of fused-ring (bicyclic) bond motifs is 1. The summed E-state index contributed by atoms with van der Waals surface area (Å²) in [5, 5.41) is 4.25. The van der Waals surface area contributed by atoms with Crippen molar-refractivity contribution >= 4 is 39.8 Å². The van der Waals surface area contributed by atoms with E-state index in [0.717, 1.165) is 16.5 Å². The van der Waals surface area contributed by atoms with Crippen LogP contribution in [0.4, 0.5) is 5.69 Å². The number of amides is 1. The van der Waals surface area contributed by atoms with E-state index in [0.29, 0.717) is 32.8 Å². The van der Waals surface area contributed by atoms with Gasteiger partial charge in [-0.25, -0.2) is 9.78 Å². The number of esters is 1. The number of aryl methyl sites for hydroxylation is 1. The molecule has 0 saturated heterocycles. The number of carbonyl (C=O) groups is 2. The number of rotatable bonds is 7. The van der Waals surface area contributed by atoms with E-state index >= 15 is 0 Å². The lowest BCUT2D eigenvalue weighted by molar-refractivity contribution is -0.123. The van der Waals surface area contributed by atoms with Gasteiger partial charge in [-0.2, -0.15) is 0 Å². The molecule has 0 aliphatic heterocycles. The lowest BCUT2D eigenvalue weighted by Gasteiger charge is -2.14. The fraction of sp³-hybridized carbons (Fsp3) is 0.200. The number of hydrogen-bond donors (Lipinski definition) is 1. The minimum Gasteiger partial charge on any atom is -0.493 e. The molecule has 0 aliphatic rings. The van der Waals surface area contributed by atoms with Crippen LogP contribution in [0.25, 0.3) is 21.5 Å². The number of carbonyl (C=O) groups excluding carboxylic acids is 2. The second kappa shape index (κ2) is 9.88. The summed E-state index contributed by atoms with van der Waals surface area (Å²) >= 11 is 1.19.